The molecule has 0 spiro atoms. The van der Waals surface area contributed by atoms with Gasteiger partial charge in [-0.25, -0.2) is 4.98 Å². The van der Waals surface area contributed by atoms with Crippen LogP contribution in [0.1, 0.15) is 19.4 Å². The molecule has 2 nitrogen and oxygen atoms in total. The predicted molar refractivity (Wildman–Crippen MR) is 81.0 cm³/mol. The highest BCUT2D eigenvalue weighted by molar-refractivity contribution is 7.98. The third-order valence-electron chi connectivity index (χ3n) is 2.37. The number of ether oxygens (including phenoxy) is 1. The van der Waals surface area contributed by atoms with E-state index < -0.39 is 0 Å². The van der Waals surface area contributed by atoms with Crippen molar-refractivity contribution in [3.8, 4) is 5.88 Å². The van der Waals surface area contributed by atoms with Crippen molar-refractivity contribution < 1.29 is 4.74 Å². The maximum atomic E-state index is 6.00. The van der Waals surface area contributed by atoms with Crippen molar-refractivity contribution in [2.24, 2.45) is 0 Å². The van der Waals surface area contributed by atoms with E-state index in [9.17, 15) is 0 Å². The molecule has 2 rings (SSSR count). The SMILES string of the molecule is CC(C)Oc1ncc(Cl)cc1SCc1ccccc1. The number of thioether (sulfide) groups is 1. The van der Waals surface area contributed by atoms with Crippen molar-refractivity contribution in [1.82, 2.24) is 4.98 Å². The molecule has 0 N–H and O–H groups in total. The first-order valence-corrected chi connectivity index (χ1v) is 7.50. The predicted octanol–water partition coefficient (Wildman–Crippen LogP) is 4.81. The molecule has 4 heteroatoms. The second-order valence-corrected chi connectivity index (χ2v) is 5.85. The van der Waals surface area contributed by atoms with E-state index in [1.54, 1.807) is 18.0 Å². The van der Waals surface area contributed by atoms with Crippen molar-refractivity contribution >= 4 is 23.4 Å². The molecular formula is C15H16ClNOS. The van der Waals surface area contributed by atoms with Gasteiger partial charge >= 0.3 is 0 Å². The Hall–Kier alpha value is -1.19. The van der Waals surface area contributed by atoms with Crippen LogP contribution in [0, 0.1) is 0 Å². The molecular weight excluding hydrogens is 278 g/mol. The molecule has 19 heavy (non-hydrogen) atoms. The summed E-state index contributed by atoms with van der Waals surface area (Å²) in [6.45, 7) is 3.98. The van der Waals surface area contributed by atoms with Crippen LogP contribution in [0.2, 0.25) is 5.02 Å². The van der Waals surface area contributed by atoms with Crippen molar-refractivity contribution in [3.05, 3.63) is 53.2 Å². The topological polar surface area (TPSA) is 22.1 Å². The standard InChI is InChI=1S/C15H16ClNOS/c1-11(2)18-15-14(8-13(16)9-17-15)19-10-12-6-4-3-5-7-12/h3-9,11H,10H2,1-2H3. The second kappa shape index (κ2) is 6.83. The smallest absolute Gasteiger partial charge is 0.227 e. The zero-order valence-corrected chi connectivity index (χ0v) is 12.5. The highest BCUT2D eigenvalue weighted by Crippen LogP contribution is 2.32. The van der Waals surface area contributed by atoms with E-state index in [-0.39, 0.29) is 6.10 Å². The highest BCUT2D eigenvalue weighted by Gasteiger charge is 2.09. The van der Waals surface area contributed by atoms with Crippen molar-refractivity contribution in [3.63, 3.8) is 0 Å². The van der Waals surface area contributed by atoms with Crippen molar-refractivity contribution in [1.29, 1.82) is 0 Å². The van der Waals surface area contributed by atoms with Crippen LogP contribution in [0.15, 0.2) is 47.5 Å². The molecule has 0 fully saturated rings. The minimum absolute atomic E-state index is 0.102. The Bertz CT molecular complexity index is 531. The summed E-state index contributed by atoms with van der Waals surface area (Å²) in [6, 6.07) is 12.2. The first kappa shape index (κ1) is 14.2. The minimum Gasteiger partial charge on any atom is -0.474 e. The van der Waals surface area contributed by atoms with Gasteiger partial charge in [-0.15, -0.1) is 11.8 Å². The number of rotatable bonds is 5. The van der Waals surface area contributed by atoms with Gasteiger partial charge < -0.3 is 4.74 Å². The summed E-state index contributed by atoms with van der Waals surface area (Å²) in [5.74, 6) is 1.53. The van der Waals surface area contributed by atoms with Gasteiger partial charge in [-0.2, -0.15) is 0 Å². The largest absolute Gasteiger partial charge is 0.474 e. The number of hydrogen-bond donors (Lipinski definition) is 0. The quantitative estimate of drug-likeness (QED) is 0.738. The third-order valence-corrected chi connectivity index (χ3v) is 3.66. The lowest BCUT2D eigenvalue weighted by molar-refractivity contribution is 0.226. The molecule has 0 unspecified atom stereocenters. The van der Waals surface area contributed by atoms with Crippen molar-refractivity contribution in [2.45, 2.75) is 30.6 Å². The third kappa shape index (κ3) is 4.44. The zero-order chi connectivity index (χ0) is 13.7. The normalized spacial score (nSPS) is 10.7. The van der Waals surface area contributed by atoms with E-state index in [1.165, 1.54) is 5.56 Å². The lowest BCUT2D eigenvalue weighted by atomic mass is 10.2. The fourth-order valence-corrected chi connectivity index (χ4v) is 2.73. The van der Waals surface area contributed by atoms with Gasteiger partial charge in [-0.1, -0.05) is 41.9 Å². The number of aromatic nitrogens is 1. The van der Waals surface area contributed by atoms with Crippen LogP contribution in [-0.4, -0.2) is 11.1 Å². The summed E-state index contributed by atoms with van der Waals surface area (Å²) >= 11 is 7.69. The summed E-state index contributed by atoms with van der Waals surface area (Å²) in [5, 5.41) is 0.631. The van der Waals surface area contributed by atoms with Crippen LogP contribution in [0.25, 0.3) is 0 Å². The summed E-state index contributed by atoms with van der Waals surface area (Å²) in [4.78, 5) is 5.23. The van der Waals surface area contributed by atoms with Crippen LogP contribution >= 0.6 is 23.4 Å². The number of pyridine rings is 1. The lowest BCUT2D eigenvalue weighted by Gasteiger charge is -2.12. The van der Waals surface area contributed by atoms with Gasteiger partial charge in [0, 0.05) is 11.9 Å². The Kier molecular flexibility index (Phi) is 5.11. The number of nitrogens with zero attached hydrogens (tertiary/aromatic N) is 1. The molecule has 0 saturated heterocycles. The molecule has 0 bridgehead atoms. The zero-order valence-electron chi connectivity index (χ0n) is 11.0. The summed E-state index contributed by atoms with van der Waals surface area (Å²) < 4.78 is 5.70. The Morgan fingerprint density at radius 2 is 2.00 bits per heavy atom. The van der Waals surface area contributed by atoms with E-state index >= 15 is 0 Å². The van der Waals surface area contributed by atoms with Crippen LogP contribution in [0.3, 0.4) is 0 Å². The molecule has 1 heterocycles. The Morgan fingerprint density at radius 3 is 2.68 bits per heavy atom. The first-order chi connectivity index (χ1) is 9.15. The van der Waals surface area contributed by atoms with Gasteiger partial charge in [0.25, 0.3) is 0 Å². The molecule has 100 valence electrons. The number of benzene rings is 1. The van der Waals surface area contributed by atoms with Crippen LogP contribution in [-0.2, 0) is 5.75 Å². The van der Waals surface area contributed by atoms with E-state index in [2.05, 4.69) is 17.1 Å². The average Bonchev–Trinajstić information content (AvgIpc) is 2.40. The second-order valence-electron chi connectivity index (χ2n) is 4.40. The Balaban J connectivity index is 2.12. The molecule has 0 aliphatic heterocycles. The van der Waals surface area contributed by atoms with Gasteiger partial charge in [-0.05, 0) is 25.5 Å². The molecule has 0 saturated carbocycles. The summed E-state index contributed by atoms with van der Waals surface area (Å²) in [7, 11) is 0. The van der Waals surface area contributed by atoms with Crippen LogP contribution < -0.4 is 4.74 Å². The fraction of sp³-hybridized carbons (Fsp3) is 0.267. The molecule has 1 aromatic heterocycles. The first-order valence-electron chi connectivity index (χ1n) is 6.14. The van der Waals surface area contributed by atoms with Gasteiger partial charge in [0.2, 0.25) is 5.88 Å². The van der Waals surface area contributed by atoms with Crippen molar-refractivity contribution in [2.75, 3.05) is 0 Å². The molecule has 2 aromatic rings. The summed E-state index contributed by atoms with van der Waals surface area (Å²) in [5.41, 5.74) is 1.27. The minimum atomic E-state index is 0.102. The number of hydrogen-bond acceptors (Lipinski definition) is 3. The average molecular weight is 294 g/mol. The molecule has 0 aliphatic carbocycles. The lowest BCUT2D eigenvalue weighted by Crippen LogP contribution is -2.07. The maximum Gasteiger partial charge on any atom is 0.227 e. The molecule has 0 aliphatic rings. The Labute approximate surface area is 123 Å². The highest BCUT2D eigenvalue weighted by atomic mass is 35.5. The fourth-order valence-electron chi connectivity index (χ4n) is 1.56. The van der Waals surface area contributed by atoms with Gasteiger partial charge in [0.05, 0.1) is 16.0 Å². The number of halogens is 1. The van der Waals surface area contributed by atoms with E-state index in [0.717, 1.165) is 10.6 Å². The maximum absolute atomic E-state index is 6.00. The molecule has 0 atom stereocenters. The van der Waals surface area contributed by atoms with E-state index in [1.807, 2.05) is 38.1 Å². The molecule has 0 amide bonds. The van der Waals surface area contributed by atoms with Gasteiger partial charge in [0.15, 0.2) is 0 Å². The molecule has 0 radical (unpaired) electrons. The summed E-state index contributed by atoms with van der Waals surface area (Å²) in [6.07, 6.45) is 1.72. The van der Waals surface area contributed by atoms with Gasteiger partial charge in [-0.3, -0.25) is 0 Å². The monoisotopic (exact) mass is 293 g/mol. The Morgan fingerprint density at radius 1 is 1.26 bits per heavy atom. The van der Waals surface area contributed by atoms with E-state index in [0.29, 0.717) is 10.9 Å². The van der Waals surface area contributed by atoms with Crippen LogP contribution in [0.4, 0.5) is 0 Å². The molecule has 1 aromatic carbocycles. The van der Waals surface area contributed by atoms with E-state index in [4.69, 9.17) is 16.3 Å². The van der Waals surface area contributed by atoms with Crippen LogP contribution in [0.5, 0.6) is 5.88 Å². The van der Waals surface area contributed by atoms with Gasteiger partial charge in [0.1, 0.15) is 0 Å².